The number of aromatic nitrogens is 6. The zero-order valence-electron chi connectivity index (χ0n) is 19.0. The molecule has 0 radical (unpaired) electrons. The fraction of sp³-hybridized carbons (Fsp3) is 0.467. The Labute approximate surface area is 212 Å². The van der Waals surface area contributed by atoms with Crippen LogP contribution in [0.1, 0.15) is 18.3 Å². The van der Waals surface area contributed by atoms with Gasteiger partial charge in [0.05, 0.1) is 25.4 Å². The van der Waals surface area contributed by atoms with Crippen LogP contribution in [0, 0.1) is 0 Å². The van der Waals surface area contributed by atoms with Gasteiger partial charge in [-0.2, -0.15) is 18.6 Å². The van der Waals surface area contributed by atoms with Gasteiger partial charge in [0.2, 0.25) is 5.95 Å². The van der Waals surface area contributed by atoms with Crippen molar-refractivity contribution in [1.29, 1.82) is 0 Å². The zero-order chi connectivity index (χ0) is 27.7. The molecular weight excluding hydrogens is 577 g/mol. The van der Waals surface area contributed by atoms with E-state index in [1.54, 1.807) is 12.5 Å². The van der Waals surface area contributed by atoms with Crippen LogP contribution in [-0.4, -0.2) is 79.5 Å². The number of fused-ring (bicyclic) bond motifs is 1. The minimum absolute atomic E-state index is 0.0393. The average Bonchev–Trinajstić information content (AvgIpc) is 3.50. The van der Waals surface area contributed by atoms with Gasteiger partial charge in [0.15, 0.2) is 11.5 Å². The van der Waals surface area contributed by atoms with E-state index >= 15 is 0 Å². The van der Waals surface area contributed by atoms with Gasteiger partial charge < -0.3 is 45.5 Å². The number of phosphoric acid groups is 3. The Morgan fingerprint density at radius 1 is 1.18 bits per heavy atom. The molecule has 0 aliphatic carbocycles. The largest absolute Gasteiger partial charge is 0.490 e. The number of rotatable bonds is 12. The number of ether oxygens (including phenoxy) is 1. The van der Waals surface area contributed by atoms with E-state index in [0.29, 0.717) is 13.0 Å². The number of nitrogen functional groups attached to an aromatic ring is 1. The summed E-state index contributed by atoms with van der Waals surface area (Å²) >= 11 is 0. The van der Waals surface area contributed by atoms with E-state index in [0.717, 1.165) is 5.69 Å². The summed E-state index contributed by atoms with van der Waals surface area (Å²) in [6, 6.07) is 0. The van der Waals surface area contributed by atoms with Gasteiger partial charge in [-0.3, -0.25) is 9.09 Å². The van der Waals surface area contributed by atoms with Crippen LogP contribution < -0.4 is 11.1 Å². The van der Waals surface area contributed by atoms with E-state index in [1.165, 1.54) is 10.9 Å². The molecule has 20 nitrogen and oxygen atoms in total. The predicted molar refractivity (Wildman–Crippen MR) is 125 cm³/mol. The molecule has 4 heterocycles. The van der Waals surface area contributed by atoms with Crippen LogP contribution in [0.3, 0.4) is 0 Å². The fourth-order valence-electron chi connectivity index (χ4n) is 3.47. The molecule has 5 atom stereocenters. The molecule has 3 aromatic heterocycles. The molecule has 38 heavy (non-hydrogen) atoms. The van der Waals surface area contributed by atoms with Gasteiger partial charge in [0.25, 0.3) is 0 Å². The minimum Gasteiger partial charge on any atom is -0.390 e. The predicted octanol–water partition coefficient (Wildman–Crippen LogP) is -0.222. The Balaban J connectivity index is 1.40. The van der Waals surface area contributed by atoms with Crippen molar-refractivity contribution in [3.63, 3.8) is 0 Å². The van der Waals surface area contributed by atoms with Crippen LogP contribution in [-0.2, 0) is 38.0 Å². The average molecular weight is 600 g/mol. The zero-order valence-corrected chi connectivity index (χ0v) is 21.7. The van der Waals surface area contributed by atoms with E-state index < -0.39 is 48.5 Å². The highest BCUT2D eigenvalue weighted by Crippen LogP contribution is 2.66. The lowest BCUT2D eigenvalue weighted by Crippen LogP contribution is -2.26. The van der Waals surface area contributed by atoms with Crippen molar-refractivity contribution in [2.45, 2.75) is 31.3 Å². The number of nitrogens with two attached hydrogens (primary N) is 1. The van der Waals surface area contributed by atoms with Gasteiger partial charge in [-0.1, -0.05) is 0 Å². The van der Waals surface area contributed by atoms with Crippen molar-refractivity contribution in [2.24, 2.45) is 0 Å². The number of nitrogens with zero attached hydrogens (tertiary/aromatic N) is 5. The molecule has 0 spiro atoms. The Bertz CT molecular complexity index is 1410. The standard InChI is InChI=1S/C15H23N8O12P3/c16-13-12-14(22-15(21-13)18-2-1-8-4-17-6-19-8)23(7-20-12)11-3-9(24)10(33-11)5-32-37(28,29)35-38(30,31)34-36(25,26)27/h4,6-7,9-11,24H,1-3,5H2,(H,17,19)(H,28,29)(H,30,31)(H2,25,26,27)(H3,16,18,21,22)/t9-,10+,11+/m0/s1. The molecular formula is C15H23N8O12P3. The van der Waals surface area contributed by atoms with Crippen molar-refractivity contribution in [3.8, 4) is 0 Å². The number of imidazole rings is 2. The maximum absolute atomic E-state index is 12.0. The van der Waals surface area contributed by atoms with Crippen molar-refractivity contribution in [1.82, 2.24) is 29.5 Å². The number of hydrogen-bond donors (Lipinski definition) is 8. The van der Waals surface area contributed by atoms with E-state index in [1.807, 2.05) is 0 Å². The SMILES string of the molecule is Nc1nc(NCCc2cnc[nH]2)nc2c1ncn2[C@H]1C[C@H](O)[C@@H](COP(=O)(O)OP(=O)(O)OP(=O)(O)O)O1. The highest BCUT2D eigenvalue weighted by molar-refractivity contribution is 7.66. The van der Waals surface area contributed by atoms with Gasteiger partial charge in [0, 0.05) is 31.3 Å². The number of aliphatic hydroxyl groups excluding tert-OH is 1. The van der Waals surface area contributed by atoms with E-state index in [2.05, 4.69) is 43.4 Å². The van der Waals surface area contributed by atoms with Crippen molar-refractivity contribution >= 4 is 46.4 Å². The lowest BCUT2D eigenvalue weighted by Gasteiger charge is -2.19. The van der Waals surface area contributed by atoms with Crippen LogP contribution in [0.15, 0.2) is 18.9 Å². The highest BCUT2D eigenvalue weighted by atomic mass is 31.3. The number of aliphatic hydroxyl groups is 1. The molecule has 0 aromatic carbocycles. The van der Waals surface area contributed by atoms with Crippen LogP contribution in [0.5, 0.6) is 0 Å². The van der Waals surface area contributed by atoms with Gasteiger partial charge >= 0.3 is 23.5 Å². The molecule has 1 aliphatic rings. The number of nitrogens with one attached hydrogen (secondary N) is 2. The van der Waals surface area contributed by atoms with Gasteiger partial charge in [0.1, 0.15) is 17.8 Å². The van der Waals surface area contributed by atoms with Crippen molar-refractivity contribution in [2.75, 3.05) is 24.2 Å². The molecule has 1 aliphatic heterocycles. The molecule has 4 rings (SSSR count). The fourth-order valence-corrected chi connectivity index (χ4v) is 6.50. The summed E-state index contributed by atoms with van der Waals surface area (Å²) in [6.45, 7) is -0.353. The Morgan fingerprint density at radius 2 is 1.95 bits per heavy atom. The third-order valence-electron chi connectivity index (χ3n) is 5.01. The molecule has 1 fully saturated rings. The second-order valence-electron chi connectivity index (χ2n) is 7.83. The number of anilines is 2. The van der Waals surface area contributed by atoms with Gasteiger partial charge in [-0.05, 0) is 0 Å². The third-order valence-corrected chi connectivity index (χ3v) is 8.82. The van der Waals surface area contributed by atoms with Crippen LogP contribution >= 0.6 is 23.5 Å². The molecule has 23 heteroatoms. The third kappa shape index (κ3) is 7.41. The van der Waals surface area contributed by atoms with Crippen molar-refractivity contribution < 1.29 is 56.3 Å². The molecule has 2 unspecified atom stereocenters. The summed E-state index contributed by atoms with van der Waals surface area (Å²) in [5.74, 6) is 0.291. The first kappa shape index (κ1) is 28.7. The van der Waals surface area contributed by atoms with Crippen molar-refractivity contribution in [3.05, 3.63) is 24.5 Å². The summed E-state index contributed by atoms with van der Waals surface area (Å²) in [4.78, 5) is 55.7. The Hall–Kier alpha value is -2.31. The lowest BCUT2D eigenvalue weighted by atomic mass is 10.2. The Morgan fingerprint density at radius 3 is 2.63 bits per heavy atom. The number of H-pyrrole nitrogens is 1. The molecule has 210 valence electrons. The smallest absolute Gasteiger partial charge is 0.390 e. The summed E-state index contributed by atoms with van der Waals surface area (Å²) in [5, 5.41) is 13.4. The first-order valence-electron chi connectivity index (χ1n) is 10.5. The maximum atomic E-state index is 12.0. The second-order valence-corrected chi connectivity index (χ2v) is 12.2. The number of hydrogen-bond acceptors (Lipinski definition) is 14. The molecule has 1 saturated heterocycles. The van der Waals surface area contributed by atoms with Crippen LogP contribution in [0.25, 0.3) is 11.2 Å². The van der Waals surface area contributed by atoms with E-state index in [9.17, 15) is 28.6 Å². The normalized spacial score (nSPS) is 23.3. The van der Waals surface area contributed by atoms with Crippen LogP contribution in [0.2, 0.25) is 0 Å². The molecule has 3 aromatic rings. The lowest BCUT2D eigenvalue weighted by molar-refractivity contribution is -0.0423. The second kappa shape index (κ2) is 11.1. The molecule has 0 saturated carbocycles. The summed E-state index contributed by atoms with van der Waals surface area (Å²) in [7, 11) is -16.6. The van der Waals surface area contributed by atoms with Crippen LogP contribution in [0.4, 0.5) is 11.8 Å². The molecule has 0 amide bonds. The monoisotopic (exact) mass is 600 g/mol. The summed E-state index contributed by atoms with van der Waals surface area (Å²) in [6.07, 6.45) is 1.81. The maximum Gasteiger partial charge on any atom is 0.490 e. The highest BCUT2D eigenvalue weighted by Gasteiger charge is 2.43. The quantitative estimate of drug-likeness (QED) is 0.125. The topological polar surface area (TPSA) is 300 Å². The number of phosphoric ester groups is 1. The first-order chi connectivity index (χ1) is 17.7. The van der Waals surface area contributed by atoms with Gasteiger partial charge in [-0.15, -0.1) is 0 Å². The molecule has 9 N–H and O–H groups in total. The summed E-state index contributed by atoms with van der Waals surface area (Å²) < 4.78 is 53.1. The van der Waals surface area contributed by atoms with Gasteiger partial charge in [-0.25, -0.2) is 23.7 Å². The Kier molecular flexibility index (Phi) is 8.34. The minimum atomic E-state index is -5.68. The van der Waals surface area contributed by atoms with E-state index in [-0.39, 0.29) is 29.4 Å². The molecule has 0 bridgehead atoms. The van der Waals surface area contributed by atoms with E-state index in [4.69, 9.17) is 20.3 Å². The first-order valence-corrected chi connectivity index (χ1v) is 15.1. The number of aromatic amines is 1. The summed E-state index contributed by atoms with van der Waals surface area (Å²) in [5.41, 5.74) is 7.43.